The monoisotopic (exact) mass is 589 g/mol. The van der Waals surface area contributed by atoms with Gasteiger partial charge in [-0.05, 0) is 107 Å². The Balaban J connectivity index is 1.26. The summed E-state index contributed by atoms with van der Waals surface area (Å²) in [4.78, 5) is 4.55. The molecule has 1 aromatic heterocycles. The van der Waals surface area contributed by atoms with Crippen LogP contribution in [-0.4, -0.2) is 4.98 Å². The Morgan fingerprint density at radius 1 is 0.391 bits per heavy atom. The molecule has 0 N–H and O–H groups in total. The quantitative estimate of drug-likeness (QED) is 0.186. The highest BCUT2D eigenvalue weighted by Crippen LogP contribution is 2.44. The van der Waals surface area contributed by atoms with Gasteiger partial charge in [-0.25, -0.2) is 0 Å². The zero-order chi connectivity index (χ0) is 31.3. The summed E-state index contributed by atoms with van der Waals surface area (Å²) in [7, 11) is 0. The van der Waals surface area contributed by atoms with E-state index in [0.29, 0.717) is 0 Å². The molecule has 0 fully saturated rings. The molecule has 0 spiro atoms. The van der Waals surface area contributed by atoms with Gasteiger partial charge in [-0.15, -0.1) is 0 Å². The molecule has 0 amide bonds. The van der Waals surface area contributed by atoms with Crippen molar-refractivity contribution in [2.24, 2.45) is 0 Å². The van der Waals surface area contributed by atoms with Crippen LogP contribution < -0.4 is 0 Å². The van der Waals surface area contributed by atoms with E-state index in [4.69, 9.17) is 0 Å². The van der Waals surface area contributed by atoms with E-state index in [1.165, 1.54) is 71.3 Å². The Kier molecular flexibility index (Phi) is 6.76. The van der Waals surface area contributed by atoms with Crippen molar-refractivity contribution in [2.45, 2.75) is 26.2 Å². The molecule has 8 aromatic rings. The minimum atomic E-state index is 0.118. The summed E-state index contributed by atoms with van der Waals surface area (Å²) < 4.78 is 0. The van der Waals surface area contributed by atoms with Crippen molar-refractivity contribution >= 4 is 32.3 Å². The third-order valence-corrected chi connectivity index (χ3v) is 9.26. The molecule has 1 heteroatoms. The van der Waals surface area contributed by atoms with Crippen LogP contribution in [0.3, 0.4) is 0 Å². The number of rotatable bonds is 4. The third-order valence-electron chi connectivity index (χ3n) is 9.26. The molecule has 0 saturated carbocycles. The van der Waals surface area contributed by atoms with Gasteiger partial charge >= 0.3 is 0 Å². The van der Waals surface area contributed by atoms with Crippen LogP contribution >= 0.6 is 0 Å². The highest BCUT2D eigenvalue weighted by molar-refractivity contribution is 6.21. The van der Waals surface area contributed by atoms with Crippen molar-refractivity contribution in [3.8, 4) is 44.6 Å². The number of fused-ring (bicyclic) bond motifs is 3. The van der Waals surface area contributed by atoms with Crippen LogP contribution in [0.25, 0.3) is 77.0 Å². The average Bonchev–Trinajstić information content (AvgIpc) is 3.10. The fourth-order valence-electron chi connectivity index (χ4n) is 6.86. The van der Waals surface area contributed by atoms with Gasteiger partial charge in [-0.2, -0.15) is 0 Å². The van der Waals surface area contributed by atoms with Crippen LogP contribution in [0.4, 0.5) is 0 Å². The van der Waals surface area contributed by atoms with E-state index in [1.807, 2.05) is 18.3 Å². The van der Waals surface area contributed by atoms with Gasteiger partial charge in [0.1, 0.15) is 0 Å². The molecule has 220 valence electrons. The molecular weight excluding hydrogens is 555 g/mol. The van der Waals surface area contributed by atoms with E-state index in [9.17, 15) is 0 Å². The number of benzene rings is 7. The molecule has 0 radical (unpaired) electrons. The largest absolute Gasteiger partial charge is 0.256 e. The first kappa shape index (κ1) is 28.0. The maximum absolute atomic E-state index is 4.55. The van der Waals surface area contributed by atoms with Crippen LogP contribution in [0.2, 0.25) is 0 Å². The molecule has 0 bridgehead atoms. The van der Waals surface area contributed by atoms with Crippen molar-refractivity contribution in [1.29, 1.82) is 0 Å². The van der Waals surface area contributed by atoms with Crippen LogP contribution in [0, 0.1) is 0 Å². The molecule has 0 unspecified atom stereocenters. The highest BCUT2D eigenvalue weighted by Gasteiger charge is 2.18. The fraction of sp³-hybridized carbons (Fsp3) is 0.0889. The van der Waals surface area contributed by atoms with Crippen molar-refractivity contribution in [2.75, 3.05) is 0 Å². The van der Waals surface area contributed by atoms with E-state index < -0.39 is 0 Å². The Bertz CT molecular complexity index is 2320. The lowest BCUT2D eigenvalue weighted by Crippen LogP contribution is -2.10. The van der Waals surface area contributed by atoms with E-state index in [2.05, 4.69) is 165 Å². The second-order valence-corrected chi connectivity index (χ2v) is 13.2. The normalized spacial score (nSPS) is 11.8. The standard InChI is InChI=1S/C45H35N/c1-45(2,3)37-24-22-30(23-25-37)43-38-13-4-6-15-40(38)44(41-16-7-5-14-39(41)43)36-21-20-33-27-32(18-19-34(33)29-36)31-11-10-12-35(28-31)42-17-8-9-26-46-42/h4-29H,1-3H3. The first-order valence-corrected chi connectivity index (χ1v) is 16.0. The van der Waals surface area contributed by atoms with Crippen molar-refractivity contribution in [3.63, 3.8) is 0 Å². The number of hydrogen-bond acceptors (Lipinski definition) is 1. The first-order chi connectivity index (χ1) is 22.4. The Morgan fingerprint density at radius 2 is 0.891 bits per heavy atom. The number of pyridine rings is 1. The predicted molar refractivity (Wildman–Crippen MR) is 197 cm³/mol. The molecule has 46 heavy (non-hydrogen) atoms. The molecular formula is C45H35N. The number of nitrogens with zero attached hydrogens (tertiary/aromatic N) is 1. The molecule has 1 nitrogen and oxygen atoms in total. The molecule has 0 aliphatic heterocycles. The lowest BCUT2D eigenvalue weighted by molar-refractivity contribution is 0.590. The summed E-state index contributed by atoms with van der Waals surface area (Å²) in [6, 6.07) is 55.4. The summed E-state index contributed by atoms with van der Waals surface area (Å²) >= 11 is 0. The molecule has 8 rings (SSSR count). The number of aromatic nitrogens is 1. The van der Waals surface area contributed by atoms with Crippen molar-refractivity contribution in [3.05, 3.63) is 163 Å². The molecule has 7 aromatic carbocycles. The maximum atomic E-state index is 4.55. The topological polar surface area (TPSA) is 12.9 Å². The van der Waals surface area contributed by atoms with E-state index in [0.717, 1.165) is 11.3 Å². The molecule has 1 heterocycles. The van der Waals surface area contributed by atoms with Crippen LogP contribution in [0.15, 0.2) is 158 Å². The second-order valence-electron chi connectivity index (χ2n) is 13.2. The summed E-state index contributed by atoms with van der Waals surface area (Å²) in [6.45, 7) is 6.81. The summed E-state index contributed by atoms with van der Waals surface area (Å²) in [6.07, 6.45) is 1.85. The number of hydrogen-bond donors (Lipinski definition) is 0. The highest BCUT2D eigenvalue weighted by atomic mass is 14.7. The predicted octanol–water partition coefficient (Wildman–Crippen LogP) is 12.5. The van der Waals surface area contributed by atoms with Crippen molar-refractivity contribution < 1.29 is 0 Å². The van der Waals surface area contributed by atoms with E-state index in [-0.39, 0.29) is 5.41 Å². The lowest BCUT2D eigenvalue weighted by atomic mass is 9.83. The average molecular weight is 590 g/mol. The lowest BCUT2D eigenvalue weighted by Gasteiger charge is -2.21. The minimum Gasteiger partial charge on any atom is -0.256 e. The van der Waals surface area contributed by atoms with Crippen LogP contribution in [0.5, 0.6) is 0 Å². The summed E-state index contributed by atoms with van der Waals surface area (Å²) in [5.41, 5.74) is 11.1. The Morgan fingerprint density at radius 3 is 1.48 bits per heavy atom. The van der Waals surface area contributed by atoms with Gasteiger partial charge in [0.25, 0.3) is 0 Å². The first-order valence-electron chi connectivity index (χ1n) is 16.0. The minimum absolute atomic E-state index is 0.118. The zero-order valence-electron chi connectivity index (χ0n) is 26.5. The van der Waals surface area contributed by atoms with Gasteiger partial charge < -0.3 is 0 Å². The van der Waals surface area contributed by atoms with Gasteiger partial charge in [0, 0.05) is 11.8 Å². The molecule has 0 aliphatic carbocycles. The van der Waals surface area contributed by atoms with Gasteiger partial charge in [0.15, 0.2) is 0 Å². The smallest absolute Gasteiger partial charge is 0.0702 e. The third kappa shape index (κ3) is 4.95. The second kappa shape index (κ2) is 11.1. The molecule has 0 saturated heterocycles. The molecule has 0 aliphatic rings. The summed E-state index contributed by atoms with van der Waals surface area (Å²) in [5.74, 6) is 0. The zero-order valence-corrected chi connectivity index (χ0v) is 26.5. The van der Waals surface area contributed by atoms with Crippen molar-refractivity contribution in [1.82, 2.24) is 4.98 Å². The Labute approximate surface area is 270 Å². The van der Waals surface area contributed by atoms with E-state index >= 15 is 0 Å². The van der Waals surface area contributed by atoms with E-state index in [1.54, 1.807) is 0 Å². The van der Waals surface area contributed by atoms with Gasteiger partial charge in [0.05, 0.1) is 5.69 Å². The fourth-order valence-corrected chi connectivity index (χ4v) is 6.86. The van der Waals surface area contributed by atoms with Gasteiger partial charge in [0.2, 0.25) is 0 Å². The van der Waals surface area contributed by atoms with Crippen LogP contribution in [-0.2, 0) is 5.41 Å². The molecule has 0 atom stereocenters. The maximum Gasteiger partial charge on any atom is 0.0702 e. The summed E-state index contributed by atoms with van der Waals surface area (Å²) in [5, 5.41) is 7.58. The van der Waals surface area contributed by atoms with Crippen LogP contribution in [0.1, 0.15) is 26.3 Å². The SMILES string of the molecule is CC(C)(C)c1ccc(-c2c3ccccc3c(-c3ccc4cc(-c5cccc(-c6ccccn6)c5)ccc4c3)c3ccccc23)cc1. The van der Waals surface area contributed by atoms with Gasteiger partial charge in [-0.1, -0.05) is 142 Å². The Hall–Kier alpha value is -5.53. The van der Waals surface area contributed by atoms with Gasteiger partial charge in [-0.3, -0.25) is 4.98 Å².